The van der Waals surface area contributed by atoms with E-state index in [1.165, 1.54) is 11.8 Å². The van der Waals surface area contributed by atoms with Gasteiger partial charge in [0.2, 0.25) is 0 Å². The summed E-state index contributed by atoms with van der Waals surface area (Å²) in [5.74, 6) is 0.698. The van der Waals surface area contributed by atoms with Gasteiger partial charge >= 0.3 is 6.18 Å². The highest BCUT2D eigenvalue weighted by Crippen LogP contribution is 2.35. The third-order valence-electron chi connectivity index (χ3n) is 2.46. The maximum atomic E-state index is 12.3. The van der Waals surface area contributed by atoms with Crippen LogP contribution in [0.5, 0.6) is 0 Å². The van der Waals surface area contributed by atoms with Crippen molar-refractivity contribution in [1.82, 2.24) is 4.98 Å². The van der Waals surface area contributed by atoms with E-state index in [9.17, 15) is 18.0 Å². The molecule has 7 heteroatoms. The normalized spacial score (nSPS) is 21.5. The number of Topliss-reactive ketones (excluding diaryl/α,β-unsaturated/α-hetero) is 1. The number of hydrogen-bond donors (Lipinski definition) is 0. The third kappa shape index (κ3) is 3.01. The van der Waals surface area contributed by atoms with Gasteiger partial charge in [-0.15, -0.1) is 11.3 Å². The molecule has 0 aliphatic carbocycles. The average molecular weight is 281 g/mol. The fourth-order valence-corrected chi connectivity index (χ4v) is 3.74. The van der Waals surface area contributed by atoms with Crippen LogP contribution in [0, 0.1) is 0 Å². The van der Waals surface area contributed by atoms with Gasteiger partial charge in [0.15, 0.2) is 10.8 Å². The molecule has 1 fully saturated rings. The molecule has 0 bridgehead atoms. The molecule has 1 aromatic heterocycles. The van der Waals surface area contributed by atoms with Crippen LogP contribution in [0.25, 0.3) is 0 Å². The number of halogens is 3. The summed E-state index contributed by atoms with van der Waals surface area (Å²) in [6.45, 7) is 0. The van der Waals surface area contributed by atoms with E-state index in [1.54, 1.807) is 0 Å². The van der Waals surface area contributed by atoms with Gasteiger partial charge in [-0.2, -0.15) is 24.9 Å². The number of thioether (sulfide) groups is 1. The number of carbonyl (C=O) groups excluding carboxylic acids is 1. The van der Waals surface area contributed by atoms with Crippen molar-refractivity contribution in [2.45, 2.75) is 30.7 Å². The molecule has 2 rings (SSSR count). The molecule has 0 N–H and O–H groups in total. The summed E-state index contributed by atoms with van der Waals surface area (Å²) in [4.78, 5) is 15.3. The van der Waals surface area contributed by atoms with Gasteiger partial charge in [0, 0.05) is 6.20 Å². The maximum absolute atomic E-state index is 12.3. The van der Waals surface area contributed by atoms with Crippen molar-refractivity contribution in [2.75, 3.05) is 5.75 Å². The van der Waals surface area contributed by atoms with E-state index in [-0.39, 0.29) is 15.9 Å². The van der Waals surface area contributed by atoms with E-state index in [1.807, 2.05) is 0 Å². The van der Waals surface area contributed by atoms with E-state index in [0.29, 0.717) is 11.3 Å². The van der Waals surface area contributed by atoms with Crippen LogP contribution >= 0.6 is 23.1 Å². The first-order valence-electron chi connectivity index (χ1n) is 5.17. The minimum Gasteiger partial charge on any atom is -0.292 e. The second kappa shape index (κ2) is 4.97. The molecular formula is C10H10F3NOS2. The Morgan fingerprint density at radius 2 is 2.18 bits per heavy atom. The molecule has 0 aromatic carbocycles. The number of ketones is 1. The quantitative estimate of drug-likeness (QED) is 0.775. The van der Waals surface area contributed by atoms with Crippen molar-refractivity contribution in [2.24, 2.45) is 0 Å². The van der Waals surface area contributed by atoms with Gasteiger partial charge in [0.05, 0.1) is 10.1 Å². The van der Waals surface area contributed by atoms with Crippen LogP contribution in [0.15, 0.2) is 6.20 Å². The molecule has 0 amide bonds. The summed E-state index contributed by atoms with van der Waals surface area (Å²) in [5.41, 5.74) is 0. The highest BCUT2D eigenvalue weighted by molar-refractivity contribution is 8.00. The number of hydrogen-bond acceptors (Lipinski definition) is 4. The van der Waals surface area contributed by atoms with Gasteiger partial charge in [-0.25, -0.2) is 4.98 Å². The predicted octanol–water partition coefficient (Wildman–Crippen LogP) is 3.63. The van der Waals surface area contributed by atoms with E-state index in [0.717, 1.165) is 31.2 Å². The predicted molar refractivity (Wildman–Crippen MR) is 61.5 cm³/mol. The highest BCUT2D eigenvalue weighted by atomic mass is 32.2. The molecule has 1 unspecified atom stereocenters. The number of alkyl halides is 3. The Labute approximate surface area is 105 Å². The molecule has 0 saturated carbocycles. The summed E-state index contributed by atoms with van der Waals surface area (Å²) in [7, 11) is 0. The Morgan fingerprint density at radius 3 is 2.71 bits per heavy atom. The minimum atomic E-state index is -4.46. The lowest BCUT2D eigenvalue weighted by Crippen LogP contribution is -2.20. The highest BCUT2D eigenvalue weighted by Gasteiger charge is 2.36. The minimum absolute atomic E-state index is 0.122. The van der Waals surface area contributed by atoms with Crippen LogP contribution in [0.4, 0.5) is 13.2 Å². The molecule has 0 radical (unpaired) electrons. The van der Waals surface area contributed by atoms with Crippen LogP contribution < -0.4 is 0 Å². The summed E-state index contributed by atoms with van der Waals surface area (Å²) in [6.07, 6.45) is -0.615. The van der Waals surface area contributed by atoms with Crippen molar-refractivity contribution in [3.05, 3.63) is 16.1 Å². The monoisotopic (exact) mass is 281 g/mol. The van der Waals surface area contributed by atoms with E-state index in [2.05, 4.69) is 4.98 Å². The lowest BCUT2D eigenvalue weighted by atomic mass is 10.1. The SMILES string of the molecule is O=C(c1cnc(C(F)(F)F)s1)C1CCCCS1. The van der Waals surface area contributed by atoms with E-state index < -0.39 is 11.2 Å². The topological polar surface area (TPSA) is 30.0 Å². The zero-order valence-corrected chi connectivity index (χ0v) is 10.4. The van der Waals surface area contributed by atoms with Gasteiger partial charge in [-0.1, -0.05) is 6.42 Å². The Kier molecular flexibility index (Phi) is 3.77. The first-order valence-corrected chi connectivity index (χ1v) is 7.04. The molecule has 2 nitrogen and oxygen atoms in total. The van der Waals surface area contributed by atoms with Gasteiger partial charge in [-0.05, 0) is 18.6 Å². The first kappa shape index (κ1) is 12.9. The zero-order chi connectivity index (χ0) is 12.5. The largest absolute Gasteiger partial charge is 0.443 e. The van der Waals surface area contributed by atoms with Crippen LogP contribution in [0.3, 0.4) is 0 Å². The van der Waals surface area contributed by atoms with Crippen LogP contribution in [-0.4, -0.2) is 21.8 Å². The molecule has 1 aromatic rings. The zero-order valence-electron chi connectivity index (χ0n) is 8.79. The van der Waals surface area contributed by atoms with E-state index in [4.69, 9.17) is 0 Å². The first-order chi connectivity index (χ1) is 7.98. The Bertz CT molecular complexity index is 410. The van der Waals surface area contributed by atoms with Crippen molar-refractivity contribution in [1.29, 1.82) is 0 Å². The maximum Gasteiger partial charge on any atom is 0.443 e. The van der Waals surface area contributed by atoms with Crippen molar-refractivity contribution < 1.29 is 18.0 Å². The van der Waals surface area contributed by atoms with Gasteiger partial charge < -0.3 is 0 Å². The molecule has 2 heterocycles. The summed E-state index contributed by atoms with van der Waals surface area (Å²) >= 11 is 1.97. The van der Waals surface area contributed by atoms with Crippen LogP contribution in [0.2, 0.25) is 0 Å². The van der Waals surface area contributed by atoms with Crippen LogP contribution in [0.1, 0.15) is 33.9 Å². The van der Waals surface area contributed by atoms with Crippen molar-refractivity contribution >= 4 is 28.9 Å². The van der Waals surface area contributed by atoms with Gasteiger partial charge in [0.1, 0.15) is 0 Å². The molecule has 1 saturated heterocycles. The summed E-state index contributed by atoms with van der Waals surface area (Å²) < 4.78 is 37.0. The molecule has 94 valence electrons. The van der Waals surface area contributed by atoms with E-state index >= 15 is 0 Å². The van der Waals surface area contributed by atoms with Gasteiger partial charge in [0.25, 0.3) is 0 Å². The van der Waals surface area contributed by atoms with Crippen molar-refractivity contribution in [3.8, 4) is 0 Å². The van der Waals surface area contributed by atoms with Crippen molar-refractivity contribution in [3.63, 3.8) is 0 Å². The fourth-order valence-electron chi connectivity index (χ4n) is 1.63. The fraction of sp³-hybridized carbons (Fsp3) is 0.600. The molecule has 17 heavy (non-hydrogen) atoms. The number of nitrogens with zero attached hydrogens (tertiary/aromatic N) is 1. The van der Waals surface area contributed by atoms with Crippen LogP contribution in [-0.2, 0) is 6.18 Å². The lowest BCUT2D eigenvalue weighted by molar-refractivity contribution is -0.137. The molecule has 1 aliphatic rings. The Hall–Kier alpha value is -0.560. The Balaban J connectivity index is 2.11. The standard InChI is InChI=1S/C10H10F3NOS2/c11-10(12,13)9-14-5-7(17-9)8(15)6-3-1-2-4-16-6/h5-6H,1-4H2. The average Bonchev–Trinajstić information content (AvgIpc) is 2.78. The second-order valence-electron chi connectivity index (χ2n) is 3.75. The number of rotatable bonds is 2. The molecule has 1 atom stereocenters. The molecule has 1 aliphatic heterocycles. The molecular weight excluding hydrogens is 271 g/mol. The lowest BCUT2D eigenvalue weighted by Gasteiger charge is -2.18. The summed E-state index contributed by atoms with van der Waals surface area (Å²) in [5, 5.41) is -1.13. The number of carbonyl (C=O) groups is 1. The second-order valence-corrected chi connectivity index (χ2v) is 6.09. The Morgan fingerprint density at radius 1 is 1.41 bits per heavy atom. The number of aromatic nitrogens is 1. The van der Waals surface area contributed by atoms with Gasteiger partial charge in [-0.3, -0.25) is 4.79 Å². The smallest absolute Gasteiger partial charge is 0.292 e. The third-order valence-corrected chi connectivity index (χ3v) is 4.90. The molecule has 0 spiro atoms. The number of thiazole rings is 1. The summed E-state index contributed by atoms with van der Waals surface area (Å²) in [6, 6.07) is 0.